The van der Waals surface area contributed by atoms with Gasteiger partial charge in [0.15, 0.2) is 4.32 Å². The van der Waals surface area contributed by atoms with Crippen LogP contribution in [-0.4, -0.2) is 48.2 Å². The van der Waals surface area contributed by atoms with Crippen molar-refractivity contribution in [3.05, 3.63) is 91.1 Å². The van der Waals surface area contributed by atoms with E-state index in [4.69, 9.17) is 21.9 Å². The molecule has 1 amide bonds. The molecule has 0 bridgehead atoms. The lowest BCUT2D eigenvalue weighted by Crippen LogP contribution is -2.33. The number of hydrogen-bond acceptors (Lipinski definition) is 8. The highest BCUT2D eigenvalue weighted by molar-refractivity contribution is 8.27. The number of thioether (sulfide) groups is 1. The van der Waals surface area contributed by atoms with Gasteiger partial charge in [-0.3, -0.25) is 28.4 Å². The molecular formula is C30H32N6O4S2. The quantitative estimate of drug-likeness (QED) is 0.170. The normalized spacial score (nSPS) is 14.6. The molecule has 218 valence electrons. The summed E-state index contributed by atoms with van der Waals surface area (Å²) in [6, 6.07) is 12.9. The number of aryl methyl sites for hydroxylation is 1. The number of aromatic nitrogens is 4. The predicted molar refractivity (Wildman–Crippen MR) is 172 cm³/mol. The van der Waals surface area contributed by atoms with E-state index in [1.54, 1.807) is 30.9 Å². The molecule has 1 saturated heterocycles. The molecule has 10 nitrogen and oxygen atoms in total. The zero-order valence-corrected chi connectivity index (χ0v) is 25.7. The zero-order chi connectivity index (χ0) is 30.1. The minimum absolute atomic E-state index is 0.124. The fraction of sp³-hybridized carbons (Fsp3) is 0.300. The zero-order valence-electron chi connectivity index (χ0n) is 24.1. The van der Waals surface area contributed by atoms with E-state index in [2.05, 4.69) is 5.32 Å². The van der Waals surface area contributed by atoms with E-state index in [1.807, 2.05) is 57.2 Å². The Hall–Kier alpha value is -4.00. The molecule has 4 aromatic rings. The lowest BCUT2D eigenvalue weighted by atomic mass is 10.2. The number of thiocarbonyl (C=S) groups is 1. The highest BCUT2D eigenvalue weighted by Gasteiger charge is 2.38. The van der Waals surface area contributed by atoms with Gasteiger partial charge in [-0.2, -0.15) is 0 Å². The molecule has 0 atom stereocenters. The van der Waals surface area contributed by atoms with Crippen molar-refractivity contribution in [2.24, 2.45) is 7.05 Å². The fourth-order valence-corrected chi connectivity index (χ4v) is 6.03. The van der Waals surface area contributed by atoms with Crippen molar-refractivity contribution in [2.75, 3.05) is 23.4 Å². The molecule has 0 aliphatic carbocycles. The summed E-state index contributed by atoms with van der Waals surface area (Å²) < 4.78 is 10.5. The van der Waals surface area contributed by atoms with Gasteiger partial charge in [-0.1, -0.05) is 48.2 Å². The Morgan fingerprint density at radius 1 is 1.07 bits per heavy atom. The maximum atomic E-state index is 13.8. The molecule has 1 fully saturated rings. The van der Waals surface area contributed by atoms with Gasteiger partial charge in [0.25, 0.3) is 17.0 Å². The number of rotatable bonds is 9. The van der Waals surface area contributed by atoms with Crippen LogP contribution in [0.15, 0.2) is 63.2 Å². The second-order valence-electron chi connectivity index (χ2n) is 10.2. The van der Waals surface area contributed by atoms with Crippen molar-refractivity contribution in [1.82, 2.24) is 18.7 Å². The molecule has 12 heteroatoms. The Morgan fingerprint density at radius 2 is 1.81 bits per heavy atom. The average molecular weight is 605 g/mol. The molecule has 4 heterocycles. The first-order valence-electron chi connectivity index (χ1n) is 13.6. The third-order valence-corrected chi connectivity index (χ3v) is 8.27. The van der Waals surface area contributed by atoms with Crippen molar-refractivity contribution < 1.29 is 9.53 Å². The van der Waals surface area contributed by atoms with Gasteiger partial charge in [0.1, 0.15) is 17.2 Å². The first kappa shape index (κ1) is 29.5. The molecule has 1 aliphatic rings. The minimum atomic E-state index is -0.471. The summed E-state index contributed by atoms with van der Waals surface area (Å²) >= 11 is 6.65. The predicted octanol–water partition coefficient (Wildman–Crippen LogP) is 4.43. The summed E-state index contributed by atoms with van der Waals surface area (Å²) in [6.45, 7) is 8.68. The molecule has 0 spiro atoms. The standard InChI is InChI=1S/C30H32N6O4S2/c1-18(2)40-16-10-14-31-25-22(27(37)34-15-9-11-19(3)26(34)32-25)17-23-28(38)35(30(41)42-23)24-20(4)33(5)36(29(24)39)21-12-7-6-8-13-21/h6-9,11-13,15,17-18,31H,10,14,16H2,1-5H3. The summed E-state index contributed by atoms with van der Waals surface area (Å²) in [5.74, 6) is -0.104. The van der Waals surface area contributed by atoms with E-state index < -0.39 is 5.91 Å². The molecule has 0 saturated carbocycles. The number of fused-ring (bicyclic) bond motifs is 1. The smallest absolute Gasteiger partial charge is 0.296 e. The first-order valence-corrected chi connectivity index (χ1v) is 14.8. The molecule has 1 aliphatic heterocycles. The van der Waals surface area contributed by atoms with Crippen LogP contribution in [0.1, 0.15) is 37.1 Å². The first-order chi connectivity index (χ1) is 20.1. The summed E-state index contributed by atoms with van der Waals surface area (Å²) in [7, 11) is 1.76. The number of para-hydroxylation sites is 1. The van der Waals surface area contributed by atoms with Gasteiger partial charge in [-0.15, -0.1) is 0 Å². The molecule has 1 aromatic carbocycles. The van der Waals surface area contributed by atoms with Gasteiger partial charge in [0.2, 0.25) is 0 Å². The van der Waals surface area contributed by atoms with Crippen LogP contribution in [0.3, 0.4) is 0 Å². The second kappa shape index (κ2) is 12.1. The van der Waals surface area contributed by atoms with Gasteiger partial charge in [-0.05, 0) is 64.0 Å². The third kappa shape index (κ3) is 5.44. The fourth-order valence-electron chi connectivity index (χ4n) is 4.78. The SMILES string of the molecule is Cc1cccn2c(=O)c(C=C3SC(=S)N(c4c(C)n(C)n(-c5ccccc5)c4=O)C3=O)c(NCCCOC(C)C)nc12. The number of carbonyl (C=O) groups is 1. The molecular weight excluding hydrogens is 573 g/mol. The van der Waals surface area contributed by atoms with E-state index in [9.17, 15) is 14.4 Å². The van der Waals surface area contributed by atoms with Crippen LogP contribution in [0.25, 0.3) is 17.4 Å². The van der Waals surface area contributed by atoms with E-state index in [0.717, 1.165) is 17.3 Å². The number of nitrogens with zero attached hydrogens (tertiary/aromatic N) is 5. The van der Waals surface area contributed by atoms with E-state index in [1.165, 1.54) is 20.1 Å². The molecule has 0 unspecified atom stereocenters. The highest BCUT2D eigenvalue weighted by Crippen LogP contribution is 2.36. The maximum Gasteiger partial charge on any atom is 0.296 e. The number of hydrogen-bond donors (Lipinski definition) is 1. The van der Waals surface area contributed by atoms with Crippen LogP contribution in [0.2, 0.25) is 0 Å². The van der Waals surface area contributed by atoms with Gasteiger partial charge < -0.3 is 10.1 Å². The van der Waals surface area contributed by atoms with Crippen LogP contribution < -0.4 is 21.3 Å². The summed E-state index contributed by atoms with van der Waals surface area (Å²) in [5.41, 5.74) is 2.33. The van der Waals surface area contributed by atoms with Crippen molar-refractivity contribution in [1.29, 1.82) is 0 Å². The summed E-state index contributed by atoms with van der Waals surface area (Å²) in [4.78, 5) is 47.4. The van der Waals surface area contributed by atoms with Crippen LogP contribution in [0.5, 0.6) is 0 Å². The lowest BCUT2D eigenvalue weighted by molar-refractivity contribution is -0.113. The number of amides is 1. The van der Waals surface area contributed by atoms with E-state index in [0.29, 0.717) is 42.4 Å². The third-order valence-electron chi connectivity index (χ3n) is 6.97. The number of ether oxygens (including phenoxy) is 1. The highest BCUT2D eigenvalue weighted by atomic mass is 32.2. The number of anilines is 2. The lowest BCUT2D eigenvalue weighted by Gasteiger charge is -2.13. The minimum Gasteiger partial charge on any atom is -0.379 e. The van der Waals surface area contributed by atoms with Gasteiger partial charge in [-0.25, -0.2) is 9.67 Å². The maximum absolute atomic E-state index is 13.8. The Labute approximate surface area is 252 Å². The number of pyridine rings is 1. The van der Waals surface area contributed by atoms with Crippen molar-refractivity contribution in [3.8, 4) is 5.69 Å². The van der Waals surface area contributed by atoms with Crippen LogP contribution >= 0.6 is 24.0 Å². The Morgan fingerprint density at radius 3 is 2.52 bits per heavy atom. The number of nitrogens with one attached hydrogen (secondary N) is 1. The van der Waals surface area contributed by atoms with Crippen molar-refractivity contribution >= 4 is 57.4 Å². The summed E-state index contributed by atoms with van der Waals surface area (Å²) in [6.07, 6.45) is 4.00. The number of carbonyl (C=O) groups excluding carboxylic acids is 1. The largest absolute Gasteiger partial charge is 0.379 e. The van der Waals surface area contributed by atoms with E-state index in [-0.39, 0.29) is 37.7 Å². The van der Waals surface area contributed by atoms with Gasteiger partial charge in [0.05, 0.1) is 28.0 Å². The molecule has 42 heavy (non-hydrogen) atoms. The van der Waals surface area contributed by atoms with Crippen LogP contribution in [0.4, 0.5) is 11.5 Å². The Bertz CT molecular complexity index is 1840. The van der Waals surface area contributed by atoms with Gasteiger partial charge in [0, 0.05) is 26.4 Å². The topological polar surface area (TPSA) is 103 Å². The monoisotopic (exact) mass is 604 g/mol. The molecule has 0 radical (unpaired) electrons. The van der Waals surface area contributed by atoms with Crippen molar-refractivity contribution in [2.45, 2.75) is 40.2 Å². The average Bonchev–Trinajstić information content (AvgIpc) is 3.35. The van der Waals surface area contributed by atoms with Crippen molar-refractivity contribution in [3.63, 3.8) is 0 Å². The number of benzene rings is 1. The van der Waals surface area contributed by atoms with Crippen LogP contribution in [0, 0.1) is 13.8 Å². The van der Waals surface area contributed by atoms with E-state index >= 15 is 0 Å². The molecule has 1 N–H and O–H groups in total. The molecule has 3 aromatic heterocycles. The van der Waals surface area contributed by atoms with Gasteiger partial charge >= 0.3 is 0 Å². The summed E-state index contributed by atoms with van der Waals surface area (Å²) in [5, 5.41) is 3.26. The molecule has 5 rings (SSSR count). The Kier molecular flexibility index (Phi) is 8.48. The van der Waals surface area contributed by atoms with Crippen LogP contribution in [-0.2, 0) is 16.6 Å². The Balaban J connectivity index is 1.55. The second-order valence-corrected chi connectivity index (χ2v) is 11.9.